The largest absolute Gasteiger partial charge is 0.507 e. The van der Waals surface area contributed by atoms with Gasteiger partial charge >= 0.3 is 0 Å². The van der Waals surface area contributed by atoms with Crippen LogP contribution >= 0.6 is 34.0 Å². The molecule has 1 N–H and O–H groups in total. The number of nitrogens with zero attached hydrogens (tertiary/aromatic N) is 4. The van der Waals surface area contributed by atoms with Gasteiger partial charge < -0.3 is 9.67 Å². The molecule has 5 nitrogen and oxygen atoms in total. The molecule has 6 aromatic carbocycles. The Morgan fingerprint density at radius 3 is 1.60 bits per heavy atom. The number of hydrogen-bond donors (Lipinski definition) is 1. The number of aromatic hydroxyl groups is 1. The Kier molecular flexibility index (Phi) is 5.87. The monoisotopic (exact) mass is 658 g/mol. The van der Waals surface area contributed by atoms with E-state index in [1.54, 1.807) is 34.0 Å². The number of fused-ring (bicyclic) bond motifs is 6. The number of rotatable bonds is 4. The summed E-state index contributed by atoms with van der Waals surface area (Å²) in [7, 11) is 0. The first kappa shape index (κ1) is 26.8. The van der Waals surface area contributed by atoms with Crippen molar-refractivity contribution in [1.82, 2.24) is 19.5 Å². The highest BCUT2D eigenvalue weighted by atomic mass is 32.1. The topological polar surface area (TPSA) is 63.8 Å². The van der Waals surface area contributed by atoms with Gasteiger partial charge in [-0.3, -0.25) is 0 Å². The van der Waals surface area contributed by atoms with Crippen LogP contribution in [0.2, 0.25) is 0 Å². The van der Waals surface area contributed by atoms with E-state index in [4.69, 9.17) is 15.0 Å². The molecule has 0 fully saturated rings. The number of para-hydroxylation sites is 3. The van der Waals surface area contributed by atoms with Gasteiger partial charge in [-0.1, -0.05) is 36.4 Å². The second-order valence-corrected chi connectivity index (χ2v) is 14.6. The molecule has 0 radical (unpaired) electrons. The molecule has 0 aliphatic rings. The fraction of sp³-hybridized carbons (Fsp3) is 0. The van der Waals surface area contributed by atoms with Crippen molar-refractivity contribution in [2.24, 2.45) is 0 Å². The zero-order valence-corrected chi connectivity index (χ0v) is 27.0. The SMILES string of the molecule is Oc1cc2c(cc1-c1nc3ccccc3s1)c1cc(-c3nc4ccccc4s3)ccc1n2-c1ccc(-c2nc3ccccc3s2)cc1. The van der Waals surface area contributed by atoms with Gasteiger partial charge in [-0.2, -0.15) is 0 Å². The lowest BCUT2D eigenvalue weighted by atomic mass is 10.1. The zero-order chi connectivity index (χ0) is 31.1. The quantitative estimate of drug-likeness (QED) is 0.204. The second-order valence-electron chi connectivity index (χ2n) is 11.5. The van der Waals surface area contributed by atoms with Crippen LogP contribution in [-0.2, 0) is 0 Å². The van der Waals surface area contributed by atoms with E-state index in [9.17, 15) is 5.11 Å². The molecule has 8 heteroatoms. The number of phenols is 1. The van der Waals surface area contributed by atoms with Crippen molar-refractivity contribution < 1.29 is 5.11 Å². The first-order valence-electron chi connectivity index (χ1n) is 15.2. The van der Waals surface area contributed by atoms with Crippen molar-refractivity contribution in [3.8, 4) is 43.2 Å². The van der Waals surface area contributed by atoms with E-state index in [1.165, 1.54) is 9.40 Å². The van der Waals surface area contributed by atoms with E-state index in [2.05, 4.69) is 95.6 Å². The molecule has 0 amide bonds. The van der Waals surface area contributed by atoms with Crippen molar-refractivity contribution in [3.63, 3.8) is 0 Å². The predicted octanol–water partition coefficient (Wildman–Crippen LogP) is 11.3. The standard InChI is InChI=1S/C39H22N4OS3/c44-33-21-32-26(20-27(33)39-42-30-9-3-6-12-36(30)47-39)25-19-23(38-41-29-8-2-5-11-35(29)46-38)15-18-31(25)43(32)24-16-13-22(14-17-24)37-40-28-7-1-4-10-34(28)45-37/h1-21,44H. The zero-order valence-electron chi connectivity index (χ0n) is 24.6. The van der Waals surface area contributed by atoms with E-state index in [0.717, 1.165) is 80.5 Å². The molecule has 0 saturated carbocycles. The summed E-state index contributed by atoms with van der Waals surface area (Å²) < 4.78 is 5.67. The van der Waals surface area contributed by atoms with Crippen molar-refractivity contribution in [2.45, 2.75) is 0 Å². The number of thiazole rings is 3. The average Bonchev–Trinajstić information content (AvgIpc) is 3.90. The fourth-order valence-electron chi connectivity index (χ4n) is 6.37. The molecule has 4 aromatic heterocycles. The molecule has 222 valence electrons. The van der Waals surface area contributed by atoms with Gasteiger partial charge in [0.05, 0.1) is 47.2 Å². The normalized spacial score (nSPS) is 11.9. The smallest absolute Gasteiger partial charge is 0.128 e. The van der Waals surface area contributed by atoms with E-state index < -0.39 is 0 Å². The average molecular weight is 659 g/mol. The van der Waals surface area contributed by atoms with Crippen LogP contribution in [0, 0.1) is 0 Å². The van der Waals surface area contributed by atoms with Crippen LogP contribution in [0.15, 0.2) is 127 Å². The van der Waals surface area contributed by atoms with Crippen molar-refractivity contribution >= 4 is 86.5 Å². The minimum absolute atomic E-state index is 0.207. The summed E-state index contributed by atoms with van der Waals surface area (Å²) in [6.07, 6.45) is 0. The number of aromatic nitrogens is 4. The first-order chi connectivity index (χ1) is 23.2. The summed E-state index contributed by atoms with van der Waals surface area (Å²) >= 11 is 5.00. The third-order valence-corrected chi connectivity index (χ3v) is 11.9. The van der Waals surface area contributed by atoms with E-state index in [-0.39, 0.29) is 5.75 Å². The lowest BCUT2D eigenvalue weighted by Crippen LogP contribution is -1.94. The summed E-state index contributed by atoms with van der Waals surface area (Å²) in [5.74, 6) is 0.207. The Labute approximate surface area is 280 Å². The minimum atomic E-state index is 0.207. The Balaban J connectivity index is 1.18. The maximum Gasteiger partial charge on any atom is 0.128 e. The van der Waals surface area contributed by atoms with Crippen LogP contribution < -0.4 is 0 Å². The van der Waals surface area contributed by atoms with Gasteiger partial charge in [0.2, 0.25) is 0 Å². The molecule has 0 aliphatic heterocycles. The van der Waals surface area contributed by atoms with Gasteiger partial charge in [0.15, 0.2) is 0 Å². The lowest BCUT2D eigenvalue weighted by molar-refractivity contribution is 0.478. The van der Waals surface area contributed by atoms with Gasteiger partial charge in [0, 0.05) is 33.7 Å². The second kappa shape index (κ2) is 10.3. The molecule has 0 unspecified atom stereocenters. The van der Waals surface area contributed by atoms with Crippen LogP contribution in [0.4, 0.5) is 0 Å². The van der Waals surface area contributed by atoms with E-state index in [0.29, 0.717) is 0 Å². The van der Waals surface area contributed by atoms with Gasteiger partial charge in [-0.05, 0) is 84.9 Å². The third-order valence-electron chi connectivity index (χ3n) is 8.61. The predicted molar refractivity (Wildman–Crippen MR) is 198 cm³/mol. The highest BCUT2D eigenvalue weighted by molar-refractivity contribution is 7.22. The summed E-state index contributed by atoms with van der Waals surface area (Å²) in [5, 5.41) is 16.4. The Morgan fingerprint density at radius 1 is 0.468 bits per heavy atom. The van der Waals surface area contributed by atoms with E-state index in [1.807, 2.05) is 36.4 Å². The summed E-state index contributed by atoms with van der Waals surface area (Å²) in [6, 6.07) is 43.7. The lowest BCUT2D eigenvalue weighted by Gasteiger charge is -2.10. The van der Waals surface area contributed by atoms with Crippen LogP contribution in [0.25, 0.3) is 89.9 Å². The minimum Gasteiger partial charge on any atom is -0.507 e. The Morgan fingerprint density at radius 2 is 0.979 bits per heavy atom. The Hall–Kier alpha value is -5.41. The molecule has 0 saturated heterocycles. The summed E-state index contributed by atoms with van der Waals surface area (Å²) in [4.78, 5) is 14.7. The fourth-order valence-corrected chi connectivity index (χ4v) is 9.29. The molecular weight excluding hydrogens is 637 g/mol. The van der Waals surface area contributed by atoms with Crippen molar-refractivity contribution in [3.05, 3.63) is 127 Å². The molecule has 0 bridgehead atoms. The summed E-state index contributed by atoms with van der Waals surface area (Å²) in [5.41, 5.74) is 8.82. The number of hydrogen-bond acceptors (Lipinski definition) is 7. The number of benzene rings is 6. The van der Waals surface area contributed by atoms with Crippen LogP contribution in [0.1, 0.15) is 0 Å². The van der Waals surface area contributed by atoms with Crippen LogP contribution in [0.5, 0.6) is 5.75 Å². The molecule has 10 aromatic rings. The molecule has 4 heterocycles. The van der Waals surface area contributed by atoms with Gasteiger partial charge in [-0.25, -0.2) is 15.0 Å². The molecule has 0 atom stereocenters. The van der Waals surface area contributed by atoms with Crippen LogP contribution in [-0.4, -0.2) is 24.6 Å². The number of phenolic OH excluding ortho intramolecular Hbond substituents is 1. The maximum atomic E-state index is 11.5. The van der Waals surface area contributed by atoms with E-state index >= 15 is 0 Å². The third kappa shape index (κ3) is 4.30. The molecule has 0 spiro atoms. The van der Waals surface area contributed by atoms with Crippen molar-refractivity contribution in [1.29, 1.82) is 0 Å². The first-order valence-corrected chi connectivity index (χ1v) is 17.6. The maximum absolute atomic E-state index is 11.5. The van der Waals surface area contributed by atoms with Gasteiger partial charge in [0.25, 0.3) is 0 Å². The van der Waals surface area contributed by atoms with Crippen LogP contribution in [0.3, 0.4) is 0 Å². The molecule has 0 aliphatic carbocycles. The molecule has 10 rings (SSSR count). The van der Waals surface area contributed by atoms with Gasteiger partial charge in [0.1, 0.15) is 20.8 Å². The van der Waals surface area contributed by atoms with Crippen molar-refractivity contribution in [2.75, 3.05) is 0 Å². The molecular formula is C39H22N4OS3. The highest BCUT2D eigenvalue weighted by Crippen LogP contribution is 2.43. The summed E-state index contributed by atoms with van der Waals surface area (Å²) in [6.45, 7) is 0. The Bertz CT molecular complexity index is 2720. The molecule has 47 heavy (non-hydrogen) atoms. The van der Waals surface area contributed by atoms with Gasteiger partial charge in [-0.15, -0.1) is 34.0 Å². The highest BCUT2D eigenvalue weighted by Gasteiger charge is 2.20.